The van der Waals surface area contributed by atoms with Crippen LogP contribution in [0.15, 0.2) is 0 Å². The van der Waals surface area contributed by atoms with Gasteiger partial charge in [-0.1, -0.05) is 13.8 Å². The maximum absolute atomic E-state index is 10.8. The molecule has 0 aromatic carbocycles. The average molecular weight is 217 g/mol. The van der Waals surface area contributed by atoms with Gasteiger partial charge in [0.05, 0.1) is 11.0 Å². The third kappa shape index (κ3) is 4.62. The second kappa shape index (κ2) is 5.47. The normalized spacial score (nSPS) is 12.9. The predicted octanol–water partition coefficient (Wildman–Crippen LogP) is 1.24. The summed E-state index contributed by atoms with van der Waals surface area (Å²) in [6.45, 7) is 7.99. The predicted molar refractivity (Wildman–Crippen MR) is 59.8 cm³/mol. The van der Waals surface area contributed by atoms with E-state index in [1.54, 1.807) is 13.8 Å². The molecule has 0 rings (SSSR count). The Labute approximate surface area is 91.7 Å². The van der Waals surface area contributed by atoms with Crippen LogP contribution in [0, 0.1) is 5.41 Å². The number of aliphatic hydroxyl groups is 1. The topological polar surface area (TPSA) is 69.6 Å². The van der Waals surface area contributed by atoms with Crippen molar-refractivity contribution in [3.8, 4) is 0 Å². The van der Waals surface area contributed by atoms with Gasteiger partial charge >= 0.3 is 5.97 Å². The highest BCUT2D eigenvalue weighted by molar-refractivity contribution is 5.73. The molecule has 4 heteroatoms. The first kappa shape index (κ1) is 14.4. The lowest BCUT2D eigenvalue weighted by Crippen LogP contribution is -2.44. The van der Waals surface area contributed by atoms with Gasteiger partial charge in [0.1, 0.15) is 0 Å². The van der Waals surface area contributed by atoms with Gasteiger partial charge in [0.15, 0.2) is 0 Å². The molecule has 0 aromatic rings. The number of hydrogen-bond acceptors (Lipinski definition) is 3. The Balaban J connectivity index is 4.03. The smallest absolute Gasteiger partial charge is 0.310 e. The maximum Gasteiger partial charge on any atom is 0.310 e. The van der Waals surface area contributed by atoms with Crippen molar-refractivity contribution in [2.75, 3.05) is 13.1 Å². The number of nitrogens with one attached hydrogen (secondary N) is 1. The van der Waals surface area contributed by atoms with Crippen LogP contribution in [0.1, 0.15) is 40.5 Å². The molecule has 0 bridgehead atoms. The first-order chi connectivity index (χ1) is 6.77. The molecule has 0 fully saturated rings. The van der Waals surface area contributed by atoms with Crippen molar-refractivity contribution in [3.63, 3.8) is 0 Å². The van der Waals surface area contributed by atoms with Gasteiger partial charge in [0.25, 0.3) is 0 Å². The van der Waals surface area contributed by atoms with Crippen molar-refractivity contribution < 1.29 is 15.0 Å². The Morgan fingerprint density at radius 2 is 1.67 bits per heavy atom. The highest BCUT2D eigenvalue weighted by Crippen LogP contribution is 2.16. The zero-order valence-corrected chi connectivity index (χ0v) is 10.1. The van der Waals surface area contributed by atoms with E-state index in [4.69, 9.17) is 5.11 Å². The molecule has 15 heavy (non-hydrogen) atoms. The Kier molecular flexibility index (Phi) is 5.24. The molecular weight excluding hydrogens is 194 g/mol. The number of rotatable bonds is 7. The monoisotopic (exact) mass is 217 g/mol. The third-order valence-corrected chi connectivity index (χ3v) is 2.92. The van der Waals surface area contributed by atoms with E-state index in [0.717, 1.165) is 0 Å². The quantitative estimate of drug-likeness (QED) is 0.600. The second-order valence-corrected chi connectivity index (χ2v) is 4.72. The number of carboxylic acids is 1. The van der Waals surface area contributed by atoms with Gasteiger partial charge < -0.3 is 15.5 Å². The summed E-state index contributed by atoms with van der Waals surface area (Å²) in [5.74, 6) is -0.827. The number of aliphatic carboxylic acids is 1. The van der Waals surface area contributed by atoms with Crippen LogP contribution in [0.2, 0.25) is 0 Å². The van der Waals surface area contributed by atoms with Gasteiger partial charge in [-0.3, -0.25) is 4.79 Å². The standard InChI is InChI=1S/C11H23NO3/c1-5-11(15,6-2)8-12-7-10(3,4)9(13)14/h12,15H,5-8H2,1-4H3,(H,13,14). The van der Waals surface area contributed by atoms with Gasteiger partial charge in [-0.15, -0.1) is 0 Å². The molecule has 0 unspecified atom stereocenters. The van der Waals surface area contributed by atoms with Crippen LogP contribution in [0.25, 0.3) is 0 Å². The van der Waals surface area contributed by atoms with Crippen molar-refractivity contribution in [3.05, 3.63) is 0 Å². The van der Waals surface area contributed by atoms with Crippen LogP contribution in [0.4, 0.5) is 0 Å². The van der Waals surface area contributed by atoms with Crippen LogP contribution in [0.5, 0.6) is 0 Å². The second-order valence-electron chi connectivity index (χ2n) is 4.72. The molecule has 4 nitrogen and oxygen atoms in total. The summed E-state index contributed by atoms with van der Waals surface area (Å²) < 4.78 is 0. The van der Waals surface area contributed by atoms with E-state index in [-0.39, 0.29) is 0 Å². The fourth-order valence-electron chi connectivity index (χ4n) is 1.18. The number of carbonyl (C=O) groups is 1. The highest BCUT2D eigenvalue weighted by Gasteiger charge is 2.28. The first-order valence-electron chi connectivity index (χ1n) is 5.44. The van der Waals surface area contributed by atoms with E-state index < -0.39 is 17.0 Å². The SMILES string of the molecule is CCC(O)(CC)CNCC(C)(C)C(=O)O. The molecule has 0 heterocycles. The lowest BCUT2D eigenvalue weighted by molar-refractivity contribution is -0.146. The summed E-state index contributed by atoms with van der Waals surface area (Å²) in [5.41, 5.74) is -1.50. The van der Waals surface area contributed by atoms with E-state index >= 15 is 0 Å². The average Bonchev–Trinajstić information content (AvgIpc) is 2.17. The number of carboxylic acid groups (broad SMARTS) is 1. The van der Waals surface area contributed by atoms with Gasteiger partial charge in [-0.05, 0) is 26.7 Å². The van der Waals surface area contributed by atoms with Crippen molar-refractivity contribution >= 4 is 5.97 Å². The fourth-order valence-corrected chi connectivity index (χ4v) is 1.18. The lowest BCUT2D eigenvalue weighted by atomic mass is 9.92. The summed E-state index contributed by atoms with van der Waals surface area (Å²) in [6.07, 6.45) is 1.34. The summed E-state index contributed by atoms with van der Waals surface area (Å²) in [4.78, 5) is 10.8. The fraction of sp³-hybridized carbons (Fsp3) is 0.909. The van der Waals surface area contributed by atoms with Crippen LogP contribution < -0.4 is 5.32 Å². The van der Waals surface area contributed by atoms with Crippen LogP contribution in [-0.4, -0.2) is 34.9 Å². The molecule has 0 aliphatic heterocycles. The van der Waals surface area contributed by atoms with Crippen LogP contribution >= 0.6 is 0 Å². The summed E-state index contributed by atoms with van der Waals surface area (Å²) >= 11 is 0. The molecule has 0 aromatic heterocycles. The molecule has 0 spiro atoms. The Bertz CT molecular complexity index is 210. The molecule has 0 atom stereocenters. The molecule has 0 aliphatic carbocycles. The van der Waals surface area contributed by atoms with Crippen molar-refractivity contribution in [1.82, 2.24) is 5.32 Å². The van der Waals surface area contributed by atoms with E-state index in [9.17, 15) is 9.90 Å². The largest absolute Gasteiger partial charge is 0.481 e. The zero-order valence-electron chi connectivity index (χ0n) is 10.1. The molecule has 0 saturated carbocycles. The minimum atomic E-state index is -0.827. The van der Waals surface area contributed by atoms with Crippen molar-refractivity contribution in [1.29, 1.82) is 0 Å². The molecular formula is C11H23NO3. The van der Waals surface area contributed by atoms with Crippen molar-refractivity contribution in [2.45, 2.75) is 46.1 Å². The minimum absolute atomic E-state index is 0.366. The molecule has 0 saturated heterocycles. The molecule has 0 aliphatic rings. The van der Waals surface area contributed by atoms with E-state index in [1.165, 1.54) is 0 Å². The summed E-state index contributed by atoms with van der Waals surface area (Å²) in [7, 11) is 0. The molecule has 3 N–H and O–H groups in total. The maximum atomic E-state index is 10.8. The van der Waals surface area contributed by atoms with E-state index in [0.29, 0.717) is 25.9 Å². The molecule has 0 radical (unpaired) electrons. The van der Waals surface area contributed by atoms with Crippen LogP contribution in [0.3, 0.4) is 0 Å². The summed E-state index contributed by atoms with van der Waals surface area (Å²) in [6, 6.07) is 0. The van der Waals surface area contributed by atoms with Gasteiger partial charge in [0.2, 0.25) is 0 Å². The van der Waals surface area contributed by atoms with Crippen molar-refractivity contribution in [2.24, 2.45) is 5.41 Å². The van der Waals surface area contributed by atoms with Crippen LogP contribution in [-0.2, 0) is 4.79 Å². The zero-order chi connectivity index (χ0) is 12.1. The molecule has 90 valence electrons. The van der Waals surface area contributed by atoms with E-state index in [1.807, 2.05) is 13.8 Å². The first-order valence-corrected chi connectivity index (χ1v) is 5.44. The minimum Gasteiger partial charge on any atom is -0.481 e. The Hall–Kier alpha value is -0.610. The van der Waals surface area contributed by atoms with Gasteiger partial charge in [-0.2, -0.15) is 0 Å². The van der Waals surface area contributed by atoms with E-state index in [2.05, 4.69) is 5.32 Å². The summed E-state index contributed by atoms with van der Waals surface area (Å²) in [5, 5.41) is 21.9. The Morgan fingerprint density at radius 3 is 2.00 bits per heavy atom. The number of hydrogen-bond donors (Lipinski definition) is 3. The third-order valence-electron chi connectivity index (χ3n) is 2.92. The van der Waals surface area contributed by atoms with Gasteiger partial charge in [0, 0.05) is 13.1 Å². The van der Waals surface area contributed by atoms with Gasteiger partial charge in [-0.25, -0.2) is 0 Å². The lowest BCUT2D eigenvalue weighted by Gasteiger charge is -2.28. The molecule has 0 amide bonds. The Morgan fingerprint density at radius 1 is 1.20 bits per heavy atom. The highest BCUT2D eigenvalue weighted by atomic mass is 16.4.